The van der Waals surface area contributed by atoms with E-state index in [0.29, 0.717) is 24.7 Å². The first kappa shape index (κ1) is 20.3. The van der Waals surface area contributed by atoms with Crippen molar-refractivity contribution < 1.29 is 14.3 Å². The number of amides is 1. The summed E-state index contributed by atoms with van der Waals surface area (Å²) in [5, 5.41) is 0. The zero-order chi connectivity index (χ0) is 21.5. The van der Waals surface area contributed by atoms with Crippen LogP contribution in [0.15, 0.2) is 24.5 Å². The molecule has 0 radical (unpaired) electrons. The largest absolute Gasteiger partial charge is 0.441 e. The summed E-state index contributed by atoms with van der Waals surface area (Å²) in [4.78, 5) is 22.7. The van der Waals surface area contributed by atoms with Gasteiger partial charge < -0.3 is 18.9 Å². The van der Waals surface area contributed by atoms with Crippen LogP contribution in [0.3, 0.4) is 0 Å². The van der Waals surface area contributed by atoms with Crippen molar-refractivity contribution in [1.29, 1.82) is 0 Å². The molecule has 1 amide bonds. The first-order valence-corrected chi connectivity index (χ1v) is 11.5. The normalized spacial score (nSPS) is 30.8. The molecule has 7 heteroatoms. The Morgan fingerprint density at radius 3 is 3.00 bits per heavy atom. The van der Waals surface area contributed by atoms with Crippen LogP contribution in [0.4, 0.5) is 10.5 Å². The Morgan fingerprint density at radius 2 is 2.23 bits per heavy atom. The van der Waals surface area contributed by atoms with Crippen molar-refractivity contribution in [2.45, 2.75) is 69.6 Å². The summed E-state index contributed by atoms with van der Waals surface area (Å²) < 4.78 is 14.2. The molecule has 1 aromatic carbocycles. The predicted molar refractivity (Wildman–Crippen MR) is 117 cm³/mol. The van der Waals surface area contributed by atoms with Gasteiger partial charge in [-0.3, -0.25) is 0 Å². The standard InChI is InChI=1S/C24H30N4O3/c1-3-23(10-5-11-30-23)15-28-16-24(31-22(28)29)9-4-6-18(13-24)14-27-17-26-20-8-7-19(25-2)12-21(20)27/h7-8,12,17-18H,3-6,9-11,13-16H2,1H3/t18-,23?,24-/m0/s1. The lowest BCUT2D eigenvalue weighted by Gasteiger charge is -2.36. The number of carbonyl (C=O) groups is 1. The van der Waals surface area contributed by atoms with Gasteiger partial charge in [-0.05, 0) is 63.0 Å². The van der Waals surface area contributed by atoms with E-state index in [1.165, 1.54) is 0 Å². The number of benzene rings is 1. The molecule has 1 unspecified atom stereocenters. The molecule has 1 spiro atoms. The molecule has 3 heterocycles. The van der Waals surface area contributed by atoms with Crippen LogP contribution < -0.4 is 0 Å². The Hall–Kier alpha value is -2.59. The molecule has 1 saturated carbocycles. The van der Waals surface area contributed by atoms with E-state index in [2.05, 4.69) is 21.3 Å². The molecule has 2 saturated heterocycles. The summed E-state index contributed by atoms with van der Waals surface area (Å²) in [5.74, 6) is 0.415. The minimum Gasteiger partial charge on any atom is -0.441 e. The van der Waals surface area contributed by atoms with E-state index in [0.717, 1.165) is 69.1 Å². The number of ether oxygens (including phenoxy) is 2. The van der Waals surface area contributed by atoms with E-state index < -0.39 is 0 Å². The second-order valence-corrected chi connectivity index (χ2v) is 9.54. The summed E-state index contributed by atoms with van der Waals surface area (Å²) in [5.41, 5.74) is 1.97. The minimum atomic E-state index is -0.383. The number of nitrogens with zero attached hydrogens (tertiary/aromatic N) is 4. The topological polar surface area (TPSA) is 61.0 Å². The highest BCUT2D eigenvalue weighted by Crippen LogP contribution is 2.42. The van der Waals surface area contributed by atoms with Crippen LogP contribution in [-0.4, -0.2) is 51.4 Å². The number of aromatic nitrogens is 2. The van der Waals surface area contributed by atoms with Gasteiger partial charge >= 0.3 is 6.09 Å². The number of carbonyl (C=O) groups excluding carboxylic acids is 1. The molecule has 5 rings (SSSR count). The number of hydrogen-bond acceptors (Lipinski definition) is 4. The van der Waals surface area contributed by atoms with E-state index in [4.69, 9.17) is 16.0 Å². The van der Waals surface area contributed by atoms with E-state index in [1.807, 2.05) is 29.4 Å². The van der Waals surface area contributed by atoms with Crippen LogP contribution in [0.1, 0.15) is 51.9 Å². The first-order chi connectivity index (χ1) is 15.0. The second-order valence-electron chi connectivity index (χ2n) is 9.54. The van der Waals surface area contributed by atoms with E-state index >= 15 is 0 Å². The molecule has 3 fully saturated rings. The van der Waals surface area contributed by atoms with Crippen molar-refractivity contribution in [3.8, 4) is 0 Å². The van der Waals surface area contributed by atoms with Crippen LogP contribution in [0.25, 0.3) is 15.9 Å². The summed E-state index contributed by atoms with van der Waals surface area (Å²) >= 11 is 0. The van der Waals surface area contributed by atoms with Crippen LogP contribution in [0.2, 0.25) is 0 Å². The Kier molecular flexibility index (Phi) is 5.13. The third kappa shape index (κ3) is 3.78. The average molecular weight is 423 g/mol. The molecule has 164 valence electrons. The predicted octanol–water partition coefficient (Wildman–Crippen LogP) is 4.93. The first-order valence-electron chi connectivity index (χ1n) is 11.5. The van der Waals surface area contributed by atoms with Crippen molar-refractivity contribution in [3.63, 3.8) is 0 Å². The lowest BCUT2D eigenvalue weighted by atomic mass is 9.77. The summed E-state index contributed by atoms with van der Waals surface area (Å²) in [6, 6.07) is 5.63. The maximum atomic E-state index is 12.8. The average Bonchev–Trinajstić information content (AvgIpc) is 3.47. The van der Waals surface area contributed by atoms with Crippen molar-refractivity contribution in [2.75, 3.05) is 19.7 Å². The van der Waals surface area contributed by atoms with Crippen LogP contribution in [0.5, 0.6) is 0 Å². The van der Waals surface area contributed by atoms with Gasteiger partial charge in [-0.2, -0.15) is 0 Å². The van der Waals surface area contributed by atoms with Crippen LogP contribution in [0, 0.1) is 12.5 Å². The fraction of sp³-hybridized carbons (Fsp3) is 0.625. The van der Waals surface area contributed by atoms with Crippen molar-refractivity contribution in [1.82, 2.24) is 14.5 Å². The number of hydrogen-bond donors (Lipinski definition) is 0. The van der Waals surface area contributed by atoms with Crippen molar-refractivity contribution in [2.24, 2.45) is 5.92 Å². The monoisotopic (exact) mass is 422 g/mol. The van der Waals surface area contributed by atoms with E-state index in [9.17, 15) is 4.79 Å². The third-order valence-electron chi connectivity index (χ3n) is 7.44. The zero-order valence-corrected chi connectivity index (χ0v) is 18.2. The van der Waals surface area contributed by atoms with Gasteiger partial charge in [0.1, 0.15) is 5.60 Å². The second kappa shape index (κ2) is 7.83. The molecule has 0 bridgehead atoms. The van der Waals surface area contributed by atoms with Gasteiger partial charge in [-0.15, -0.1) is 0 Å². The lowest BCUT2D eigenvalue weighted by molar-refractivity contribution is -0.0174. The summed E-state index contributed by atoms with van der Waals surface area (Å²) in [6.07, 6.45) is 8.67. The molecule has 7 nitrogen and oxygen atoms in total. The molecule has 1 aromatic heterocycles. The summed E-state index contributed by atoms with van der Waals surface area (Å²) in [6.45, 7) is 12.4. The molecule has 0 N–H and O–H groups in total. The minimum absolute atomic E-state index is 0.182. The van der Waals surface area contributed by atoms with E-state index in [1.54, 1.807) is 0 Å². The molecule has 3 atom stereocenters. The van der Waals surface area contributed by atoms with Crippen molar-refractivity contribution >= 4 is 22.8 Å². The Labute approximate surface area is 183 Å². The third-order valence-corrected chi connectivity index (χ3v) is 7.44. The Bertz CT molecular complexity index is 1020. The molecule has 2 aliphatic heterocycles. The lowest BCUT2D eigenvalue weighted by Crippen LogP contribution is -2.45. The number of rotatable bonds is 5. The fourth-order valence-electron chi connectivity index (χ4n) is 5.81. The quantitative estimate of drug-likeness (QED) is 0.641. The molecule has 31 heavy (non-hydrogen) atoms. The van der Waals surface area contributed by atoms with Crippen molar-refractivity contribution in [3.05, 3.63) is 35.9 Å². The summed E-state index contributed by atoms with van der Waals surface area (Å²) in [7, 11) is 0. The fourth-order valence-corrected chi connectivity index (χ4v) is 5.81. The number of imidazole rings is 1. The van der Waals surface area contributed by atoms with Gasteiger partial charge in [0.05, 0.1) is 42.6 Å². The molecular weight excluding hydrogens is 392 g/mol. The smallest absolute Gasteiger partial charge is 0.410 e. The zero-order valence-electron chi connectivity index (χ0n) is 18.2. The highest BCUT2D eigenvalue weighted by atomic mass is 16.6. The highest BCUT2D eigenvalue weighted by molar-refractivity contribution is 5.79. The van der Waals surface area contributed by atoms with Crippen LogP contribution in [-0.2, 0) is 16.0 Å². The molecule has 2 aromatic rings. The van der Waals surface area contributed by atoms with Gasteiger partial charge in [0, 0.05) is 13.2 Å². The van der Waals surface area contributed by atoms with E-state index in [-0.39, 0.29) is 17.3 Å². The van der Waals surface area contributed by atoms with Gasteiger partial charge in [0.15, 0.2) is 5.69 Å². The molecule has 1 aliphatic carbocycles. The molecular formula is C24H30N4O3. The number of fused-ring (bicyclic) bond motifs is 1. The van der Waals surface area contributed by atoms with Gasteiger partial charge in [-0.25, -0.2) is 14.6 Å². The Balaban J connectivity index is 1.29. The molecule has 3 aliphatic rings. The maximum Gasteiger partial charge on any atom is 0.410 e. The SMILES string of the molecule is [C-]#[N+]c1ccc2ncn(C[C@H]3CCC[C@]4(C3)CN(CC3(CC)CCCO3)C(=O)O4)c2c1. The maximum absolute atomic E-state index is 12.8. The van der Waals surface area contributed by atoms with Gasteiger partial charge in [-0.1, -0.05) is 13.0 Å². The van der Waals surface area contributed by atoms with Gasteiger partial charge in [0.2, 0.25) is 0 Å². The Morgan fingerprint density at radius 1 is 1.32 bits per heavy atom. The highest BCUT2D eigenvalue weighted by Gasteiger charge is 2.50. The van der Waals surface area contributed by atoms with Crippen LogP contribution >= 0.6 is 0 Å². The van der Waals surface area contributed by atoms with Gasteiger partial charge in [0.25, 0.3) is 0 Å².